The second-order valence-electron chi connectivity index (χ2n) is 2.86. The van der Waals surface area contributed by atoms with Gasteiger partial charge in [0.2, 0.25) is 0 Å². The normalized spacial score (nSPS) is 10.2. The van der Waals surface area contributed by atoms with Gasteiger partial charge in [0.1, 0.15) is 5.82 Å². The topological polar surface area (TPSA) is 63.2 Å². The predicted octanol–water partition coefficient (Wildman–Crippen LogP) is 2.82. The maximum absolute atomic E-state index is 13.3. The molecule has 0 fully saturated rings. The van der Waals surface area contributed by atoms with E-state index in [1.54, 1.807) is 12.1 Å². The van der Waals surface area contributed by atoms with Crippen molar-refractivity contribution in [3.63, 3.8) is 0 Å². The summed E-state index contributed by atoms with van der Waals surface area (Å²) in [4.78, 5) is 0. The maximum Gasteiger partial charge on any atom is 0.170 e. The van der Waals surface area contributed by atoms with Crippen molar-refractivity contribution in [1.29, 1.82) is 10.5 Å². The van der Waals surface area contributed by atoms with E-state index in [9.17, 15) is 8.87 Å². The molecule has 0 bridgehead atoms. The highest BCUT2D eigenvalue weighted by Gasteiger charge is 2.08. The molecule has 0 saturated carbocycles. The zero-order chi connectivity index (χ0) is 12.8. The van der Waals surface area contributed by atoms with Gasteiger partial charge in [-0.25, -0.2) is 4.39 Å². The average Bonchev–Trinajstić information content (AvgIpc) is 2.33. The summed E-state index contributed by atoms with van der Waals surface area (Å²) in [5, 5.41) is 19.7. The zero-order valence-electron chi connectivity index (χ0n) is 8.31. The molecule has 0 aliphatic heterocycles. The molecule has 0 spiro atoms. The minimum Gasteiger partial charge on any atom is -0.205 e. The molecule has 0 aromatic heterocycles. The van der Waals surface area contributed by atoms with E-state index in [2.05, 4.69) is 5.10 Å². The smallest absolute Gasteiger partial charge is 0.170 e. The molecule has 1 aromatic carbocycles. The molecule has 17 heavy (non-hydrogen) atoms. The Morgan fingerprint density at radius 1 is 1.41 bits per heavy atom. The summed E-state index contributed by atoms with van der Waals surface area (Å²) in [7, 11) is 0. The Labute approximate surface area is 101 Å². The average molecular weight is 255 g/mol. The number of rotatable bonds is 3. The van der Waals surface area contributed by atoms with Crippen molar-refractivity contribution in [2.24, 2.45) is 11.0 Å². The molecule has 0 heterocycles. The third-order valence-electron chi connectivity index (χ3n) is 1.71. The van der Waals surface area contributed by atoms with Crippen molar-refractivity contribution in [3.05, 3.63) is 29.0 Å². The number of nitrogens with zero attached hydrogens (tertiary/aromatic N) is 4. The van der Waals surface area contributed by atoms with Crippen molar-refractivity contribution < 1.29 is 8.87 Å². The minimum atomic E-state index is -1.15. The van der Waals surface area contributed by atoms with Crippen LogP contribution in [0.4, 0.5) is 14.6 Å². The second kappa shape index (κ2) is 5.78. The van der Waals surface area contributed by atoms with Gasteiger partial charge in [0.05, 0.1) is 29.1 Å². The van der Waals surface area contributed by atoms with Crippen LogP contribution in [-0.4, -0.2) is 6.21 Å². The van der Waals surface area contributed by atoms with E-state index in [-0.39, 0.29) is 15.9 Å². The molecule has 0 N–H and O–H groups in total. The van der Waals surface area contributed by atoms with Crippen LogP contribution in [0.2, 0.25) is 5.02 Å². The molecule has 86 valence electrons. The number of hydrogen-bond donors (Lipinski definition) is 0. The molecule has 4 nitrogen and oxygen atoms in total. The van der Waals surface area contributed by atoms with Gasteiger partial charge in [-0.1, -0.05) is 21.3 Å². The monoisotopic (exact) mass is 254 g/mol. The fraction of sp³-hybridized carbons (Fsp3) is 0.100. The predicted molar refractivity (Wildman–Crippen MR) is 58.2 cm³/mol. The highest BCUT2D eigenvalue weighted by Crippen LogP contribution is 2.23. The molecule has 0 aliphatic rings. The second-order valence-corrected chi connectivity index (χ2v) is 3.27. The molecule has 0 atom stereocenters. The summed E-state index contributed by atoms with van der Waals surface area (Å²) < 4.78 is 26.1. The first-order valence-electron chi connectivity index (χ1n) is 4.32. The molecule has 0 unspecified atom stereocenters. The van der Waals surface area contributed by atoms with Gasteiger partial charge in [0, 0.05) is 0 Å². The zero-order valence-corrected chi connectivity index (χ0v) is 9.07. The lowest BCUT2D eigenvalue weighted by atomic mass is 10.2. The van der Waals surface area contributed by atoms with Crippen LogP contribution >= 0.6 is 11.6 Å². The van der Waals surface area contributed by atoms with Crippen LogP contribution in [0.3, 0.4) is 0 Å². The van der Waals surface area contributed by atoms with E-state index in [1.165, 1.54) is 0 Å². The first kappa shape index (κ1) is 12.9. The van der Waals surface area contributed by atoms with Crippen molar-refractivity contribution in [2.75, 3.05) is 5.23 Å². The van der Waals surface area contributed by atoms with E-state index >= 15 is 0 Å². The Morgan fingerprint density at radius 3 is 2.59 bits per heavy atom. The Balaban J connectivity index is 2.84. The molecule has 0 amide bonds. The standard InChI is InChI=1S/C10H5ClF2N4/c11-9-3-8(1-2-10(9)12)17(13)16-6-7(4-14)5-15/h1-3,6-7H. The third kappa shape index (κ3) is 3.40. The van der Waals surface area contributed by atoms with Crippen molar-refractivity contribution in [3.8, 4) is 12.1 Å². The van der Waals surface area contributed by atoms with E-state index < -0.39 is 11.7 Å². The lowest BCUT2D eigenvalue weighted by molar-refractivity contribution is 0.447. The van der Waals surface area contributed by atoms with Gasteiger partial charge in [0.25, 0.3) is 0 Å². The summed E-state index contributed by atoms with van der Waals surface area (Å²) in [5.74, 6) is -1.83. The van der Waals surface area contributed by atoms with Gasteiger partial charge < -0.3 is 0 Å². The van der Waals surface area contributed by atoms with E-state index in [1.807, 2.05) is 0 Å². The Kier molecular flexibility index (Phi) is 4.38. The van der Waals surface area contributed by atoms with Gasteiger partial charge in [0.15, 0.2) is 5.92 Å². The van der Waals surface area contributed by atoms with Crippen molar-refractivity contribution >= 4 is 23.5 Å². The van der Waals surface area contributed by atoms with Gasteiger partial charge in [-0.15, -0.1) is 0 Å². The quantitative estimate of drug-likeness (QED) is 0.473. The Morgan fingerprint density at radius 2 is 2.06 bits per heavy atom. The Bertz CT molecular complexity index is 504. The van der Waals surface area contributed by atoms with Crippen LogP contribution in [0.25, 0.3) is 0 Å². The summed E-state index contributed by atoms with van der Waals surface area (Å²) >= 11 is 5.45. The number of halogens is 3. The van der Waals surface area contributed by atoms with Gasteiger partial charge >= 0.3 is 0 Å². The number of anilines is 1. The minimum absolute atomic E-state index is 0.104. The molecule has 1 rings (SSSR count). The number of hydrazone groups is 1. The Hall–Kier alpha value is -2.18. The van der Waals surface area contributed by atoms with Gasteiger partial charge in [-0.05, 0) is 18.2 Å². The largest absolute Gasteiger partial charge is 0.205 e. The molecule has 0 aliphatic carbocycles. The highest BCUT2D eigenvalue weighted by molar-refractivity contribution is 6.31. The number of hydrogen-bond acceptors (Lipinski definition) is 4. The highest BCUT2D eigenvalue weighted by atomic mass is 35.5. The summed E-state index contributed by atoms with van der Waals surface area (Å²) in [5.41, 5.74) is -0.109. The maximum atomic E-state index is 13.3. The van der Waals surface area contributed by atoms with E-state index in [0.717, 1.165) is 24.4 Å². The summed E-state index contributed by atoms with van der Waals surface area (Å²) in [6, 6.07) is 6.30. The fourth-order valence-corrected chi connectivity index (χ4v) is 1.06. The van der Waals surface area contributed by atoms with Crippen LogP contribution in [0.1, 0.15) is 0 Å². The first-order chi connectivity index (χ1) is 8.08. The molecular formula is C10H5ClF2N4. The molecule has 7 heteroatoms. The van der Waals surface area contributed by atoms with Crippen molar-refractivity contribution in [1.82, 2.24) is 0 Å². The van der Waals surface area contributed by atoms with Crippen LogP contribution < -0.4 is 5.23 Å². The molecule has 0 radical (unpaired) electrons. The third-order valence-corrected chi connectivity index (χ3v) is 2.00. The molecule has 0 saturated heterocycles. The van der Waals surface area contributed by atoms with E-state index in [0.29, 0.717) is 0 Å². The lowest BCUT2D eigenvalue weighted by Crippen LogP contribution is -2.05. The van der Waals surface area contributed by atoms with Crippen LogP contribution in [0, 0.1) is 34.4 Å². The molecule has 1 aromatic rings. The van der Waals surface area contributed by atoms with Gasteiger partial charge in [-0.2, -0.15) is 15.6 Å². The van der Waals surface area contributed by atoms with E-state index in [4.69, 9.17) is 22.1 Å². The van der Waals surface area contributed by atoms with Crippen LogP contribution in [0.15, 0.2) is 23.3 Å². The number of nitriles is 2. The SMILES string of the molecule is N#CC(C#N)C=NN(F)c1ccc(F)c(Cl)c1. The van der Waals surface area contributed by atoms with Crippen molar-refractivity contribution in [2.45, 2.75) is 0 Å². The lowest BCUT2D eigenvalue weighted by Gasteiger charge is -2.07. The molecular weight excluding hydrogens is 250 g/mol. The number of benzene rings is 1. The fourth-order valence-electron chi connectivity index (χ4n) is 0.887. The first-order valence-corrected chi connectivity index (χ1v) is 4.70. The van der Waals surface area contributed by atoms with Crippen LogP contribution in [-0.2, 0) is 0 Å². The van der Waals surface area contributed by atoms with Crippen LogP contribution in [0.5, 0.6) is 0 Å². The summed E-state index contributed by atoms with van der Waals surface area (Å²) in [6.45, 7) is 0. The van der Waals surface area contributed by atoms with Gasteiger partial charge in [-0.3, -0.25) is 0 Å². The summed E-state index contributed by atoms with van der Waals surface area (Å²) in [6.07, 6.45) is 0.831.